The summed E-state index contributed by atoms with van der Waals surface area (Å²) in [5, 5.41) is 4.34. The number of anilines is 1. The first-order valence-electron chi connectivity index (χ1n) is 5.83. The number of hydrogen-bond acceptors (Lipinski definition) is 3. The van der Waals surface area contributed by atoms with Crippen molar-refractivity contribution in [2.75, 3.05) is 18.0 Å². The Morgan fingerprint density at radius 1 is 1.60 bits per heavy atom. The zero-order valence-electron chi connectivity index (χ0n) is 9.39. The summed E-state index contributed by atoms with van der Waals surface area (Å²) < 4.78 is 2.08. The van der Waals surface area contributed by atoms with Crippen molar-refractivity contribution >= 4 is 5.82 Å². The van der Waals surface area contributed by atoms with Crippen molar-refractivity contribution in [1.82, 2.24) is 9.78 Å². The standard InChI is InChI=1S/C11H20N4/c1-2-7-15-11(5-6-13-15)14-8-3-4-10(12)9-14/h5-6,10H,2-4,7-9,12H2,1H3. The Hall–Kier alpha value is -1.03. The van der Waals surface area contributed by atoms with Gasteiger partial charge < -0.3 is 10.6 Å². The van der Waals surface area contributed by atoms with Gasteiger partial charge in [0.25, 0.3) is 0 Å². The highest BCUT2D eigenvalue weighted by Gasteiger charge is 2.19. The van der Waals surface area contributed by atoms with Gasteiger partial charge in [0.15, 0.2) is 0 Å². The van der Waals surface area contributed by atoms with Gasteiger partial charge in [0, 0.05) is 31.7 Å². The molecule has 2 N–H and O–H groups in total. The predicted octanol–water partition coefficient (Wildman–Crippen LogP) is 1.22. The van der Waals surface area contributed by atoms with Crippen LogP contribution in [0, 0.1) is 0 Å². The van der Waals surface area contributed by atoms with Crippen LogP contribution >= 0.6 is 0 Å². The van der Waals surface area contributed by atoms with Crippen molar-refractivity contribution < 1.29 is 0 Å². The van der Waals surface area contributed by atoms with E-state index in [9.17, 15) is 0 Å². The minimum atomic E-state index is 0.323. The van der Waals surface area contributed by atoms with Gasteiger partial charge in [0.2, 0.25) is 0 Å². The Morgan fingerprint density at radius 2 is 2.47 bits per heavy atom. The molecule has 4 nitrogen and oxygen atoms in total. The van der Waals surface area contributed by atoms with Gasteiger partial charge in [-0.2, -0.15) is 5.10 Å². The Balaban J connectivity index is 2.10. The number of aryl methyl sites for hydroxylation is 1. The molecule has 1 aromatic rings. The number of nitrogens with two attached hydrogens (primary N) is 1. The molecule has 2 rings (SSSR count). The monoisotopic (exact) mass is 208 g/mol. The van der Waals surface area contributed by atoms with Gasteiger partial charge in [-0.25, -0.2) is 4.68 Å². The highest BCUT2D eigenvalue weighted by Crippen LogP contribution is 2.19. The lowest BCUT2D eigenvalue weighted by Gasteiger charge is -2.32. The SMILES string of the molecule is CCCn1nccc1N1CCCC(N)C1. The van der Waals surface area contributed by atoms with E-state index in [0.717, 1.165) is 32.5 Å². The first-order chi connectivity index (χ1) is 7.31. The molecule has 1 fully saturated rings. The molecular weight excluding hydrogens is 188 g/mol. The van der Waals surface area contributed by atoms with Crippen LogP contribution in [0.15, 0.2) is 12.3 Å². The third-order valence-corrected chi connectivity index (χ3v) is 2.91. The summed E-state index contributed by atoms with van der Waals surface area (Å²) in [6.07, 6.45) is 5.34. The summed E-state index contributed by atoms with van der Waals surface area (Å²) in [6, 6.07) is 2.41. The van der Waals surface area contributed by atoms with Crippen LogP contribution in [0.2, 0.25) is 0 Å². The highest BCUT2D eigenvalue weighted by atomic mass is 15.4. The van der Waals surface area contributed by atoms with E-state index in [0.29, 0.717) is 6.04 Å². The number of rotatable bonds is 3. The molecule has 1 aliphatic heterocycles. The summed E-state index contributed by atoms with van der Waals surface area (Å²) in [7, 11) is 0. The van der Waals surface area contributed by atoms with Gasteiger partial charge in [-0.1, -0.05) is 6.92 Å². The van der Waals surface area contributed by atoms with Crippen LogP contribution in [0.4, 0.5) is 5.82 Å². The largest absolute Gasteiger partial charge is 0.355 e. The Bertz CT molecular complexity index is 307. The third kappa shape index (κ3) is 2.31. The molecule has 2 heterocycles. The fraction of sp³-hybridized carbons (Fsp3) is 0.727. The van der Waals surface area contributed by atoms with Crippen molar-refractivity contribution in [3.05, 3.63) is 12.3 Å². The lowest BCUT2D eigenvalue weighted by molar-refractivity contribution is 0.488. The summed E-state index contributed by atoms with van der Waals surface area (Å²) in [5.74, 6) is 1.23. The molecule has 0 saturated carbocycles. The van der Waals surface area contributed by atoms with Gasteiger partial charge in [0.05, 0.1) is 6.20 Å². The molecular formula is C11H20N4. The topological polar surface area (TPSA) is 47.1 Å². The fourth-order valence-corrected chi connectivity index (χ4v) is 2.20. The van der Waals surface area contributed by atoms with Crippen molar-refractivity contribution in [2.24, 2.45) is 5.73 Å². The normalized spacial score (nSPS) is 22.0. The first-order valence-corrected chi connectivity index (χ1v) is 5.83. The smallest absolute Gasteiger partial charge is 0.126 e. The molecule has 1 aliphatic rings. The van der Waals surface area contributed by atoms with E-state index in [2.05, 4.69) is 27.7 Å². The Labute approximate surface area is 91.1 Å². The van der Waals surface area contributed by atoms with Gasteiger partial charge >= 0.3 is 0 Å². The molecule has 1 atom stereocenters. The maximum Gasteiger partial charge on any atom is 0.126 e. The third-order valence-electron chi connectivity index (χ3n) is 2.91. The van der Waals surface area contributed by atoms with Gasteiger partial charge in [0.1, 0.15) is 5.82 Å². The second-order valence-corrected chi connectivity index (χ2v) is 4.26. The average Bonchev–Trinajstić information content (AvgIpc) is 2.66. The minimum Gasteiger partial charge on any atom is -0.355 e. The minimum absolute atomic E-state index is 0.323. The lowest BCUT2D eigenvalue weighted by Crippen LogP contribution is -2.43. The van der Waals surface area contributed by atoms with E-state index in [1.165, 1.54) is 12.2 Å². The first kappa shape index (κ1) is 10.5. The fourth-order valence-electron chi connectivity index (χ4n) is 2.20. The van der Waals surface area contributed by atoms with E-state index < -0.39 is 0 Å². The van der Waals surface area contributed by atoms with Crippen molar-refractivity contribution in [3.8, 4) is 0 Å². The molecule has 0 bridgehead atoms. The van der Waals surface area contributed by atoms with Gasteiger partial charge in [-0.05, 0) is 19.3 Å². The Morgan fingerprint density at radius 3 is 3.20 bits per heavy atom. The maximum absolute atomic E-state index is 5.98. The number of hydrogen-bond donors (Lipinski definition) is 1. The number of aromatic nitrogens is 2. The average molecular weight is 208 g/mol. The second-order valence-electron chi connectivity index (χ2n) is 4.26. The van der Waals surface area contributed by atoms with Crippen LogP contribution in [-0.4, -0.2) is 28.9 Å². The van der Waals surface area contributed by atoms with Gasteiger partial charge in [-0.15, -0.1) is 0 Å². The van der Waals surface area contributed by atoms with Crippen LogP contribution in [-0.2, 0) is 6.54 Å². The summed E-state index contributed by atoms with van der Waals surface area (Å²) in [5.41, 5.74) is 5.98. The molecule has 0 radical (unpaired) electrons. The summed E-state index contributed by atoms with van der Waals surface area (Å²) >= 11 is 0. The highest BCUT2D eigenvalue weighted by molar-refractivity contribution is 5.39. The van der Waals surface area contributed by atoms with Gasteiger partial charge in [-0.3, -0.25) is 0 Å². The zero-order chi connectivity index (χ0) is 10.7. The lowest BCUT2D eigenvalue weighted by atomic mass is 10.1. The van der Waals surface area contributed by atoms with Crippen LogP contribution in [0.5, 0.6) is 0 Å². The van der Waals surface area contributed by atoms with E-state index in [1.54, 1.807) is 0 Å². The summed E-state index contributed by atoms with van der Waals surface area (Å²) in [6.45, 7) is 5.25. The van der Waals surface area contributed by atoms with Crippen LogP contribution in [0.1, 0.15) is 26.2 Å². The van der Waals surface area contributed by atoms with Crippen LogP contribution in [0.25, 0.3) is 0 Å². The molecule has 1 aromatic heterocycles. The zero-order valence-corrected chi connectivity index (χ0v) is 9.39. The quantitative estimate of drug-likeness (QED) is 0.812. The molecule has 1 saturated heterocycles. The van der Waals surface area contributed by atoms with Crippen LogP contribution < -0.4 is 10.6 Å². The molecule has 0 aliphatic carbocycles. The molecule has 15 heavy (non-hydrogen) atoms. The number of piperidine rings is 1. The second kappa shape index (κ2) is 4.66. The Kier molecular flexibility index (Phi) is 3.26. The molecule has 84 valence electrons. The maximum atomic E-state index is 5.98. The number of nitrogens with zero attached hydrogens (tertiary/aromatic N) is 3. The molecule has 0 amide bonds. The van der Waals surface area contributed by atoms with Crippen molar-refractivity contribution in [2.45, 2.75) is 38.8 Å². The van der Waals surface area contributed by atoms with Crippen molar-refractivity contribution in [3.63, 3.8) is 0 Å². The van der Waals surface area contributed by atoms with Crippen molar-refractivity contribution in [1.29, 1.82) is 0 Å². The molecule has 1 unspecified atom stereocenters. The van der Waals surface area contributed by atoms with E-state index in [4.69, 9.17) is 5.73 Å². The molecule has 0 aromatic carbocycles. The summed E-state index contributed by atoms with van der Waals surface area (Å²) in [4.78, 5) is 2.36. The van der Waals surface area contributed by atoms with Crippen LogP contribution in [0.3, 0.4) is 0 Å². The molecule has 0 spiro atoms. The van der Waals surface area contributed by atoms with E-state index in [1.807, 2.05) is 6.20 Å². The molecule has 4 heteroatoms. The van der Waals surface area contributed by atoms with E-state index >= 15 is 0 Å². The van der Waals surface area contributed by atoms with E-state index in [-0.39, 0.29) is 0 Å². The predicted molar refractivity (Wildman–Crippen MR) is 61.9 cm³/mol.